The van der Waals surface area contributed by atoms with Gasteiger partial charge in [0.25, 0.3) is 0 Å². The molecule has 0 aromatic heterocycles. The lowest BCUT2D eigenvalue weighted by atomic mass is 10.0. The molecule has 1 unspecified atom stereocenters. The molecule has 1 aromatic rings. The smallest absolute Gasteiger partial charge is 0.337 e. The van der Waals surface area contributed by atoms with Crippen LogP contribution in [0.3, 0.4) is 0 Å². The van der Waals surface area contributed by atoms with Crippen molar-refractivity contribution in [3.8, 4) is 0 Å². The number of carboxylic acids is 1. The molecular weight excluding hydrogens is 232 g/mol. The average Bonchev–Trinajstić information content (AvgIpc) is 2.75. The predicted octanol–water partition coefficient (Wildman–Crippen LogP) is 1.95. The van der Waals surface area contributed by atoms with Gasteiger partial charge in [-0.05, 0) is 38.0 Å². The first-order chi connectivity index (χ1) is 8.50. The Hall–Kier alpha value is -1.75. The summed E-state index contributed by atoms with van der Waals surface area (Å²) in [6.07, 6.45) is 2.03. The maximum atomic E-state index is 11.1. The third kappa shape index (κ3) is 2.73. The van der Waals surface area contributed by atoms with Gasteiger partial charge in [0.15, 0.2) is 0 Å². The van der Waals surface area contributed by atoms with Gasteiger partial charge < -0.3 is 20.9 Å². The molecule has 98 valence electrons. The van der Waals surface area contributed by atoms with E-state index in [0.717, 1.165) is 19.4 Å². The van der Waals surface area contributed by atoms with E-state index < -0.39 is 5.97 Å². The molecule has 1 fully saturated rings. The topological polar surface area (TPSA) is 84.6 Å². The summed E-state index contributed by atoms with van der Waals surface area (Å²) in [4.78, 5) is 11.1. The monoisotopic (exact) mass is 250 g/mol. The molecule has 1 aromatic carbocycles. The Morgan fingerprint density at radius 2 is 2.39 bits per heavy atom. The van der Waals surface area contributed by atoms with Gasteiger partial charge >= 0.3 is 5.97 Å². The fourth-order valence-corrected chi connectivity index (χ4v) is 2.15. The summed E-state index contributed by atoms with van der Waals surface area (Å²) in [5.41, 5.74) is 6.60. The third-order valence-electron chi connectivity index (χ3n) is 3.23. The molecule has 0 spiro atoms. The summed E-state index contributed by atoms with van der Waals surface area (Å²) in [6.45, 7) is 3.40. The molecular formula is C13H18N2O3. The first-order valence-electron chi connectivity index (χ1n) is 6.01. The summed E-state index contributed by atoms with van der Waals surface area (Å²) in [5, 5.41) is 12.3. The van der Waals surface area contributed by atoms with E-state index in [2.05, 4.69) is 5.32 Å². The number of nitrogens with two attached hydrogens (primary N) is 1. The molecule has 18 heavy (non-hydrogen) atoms. The Kier molecular flexibility index (Phi) is 3.43. The number of hydrogen-bond acceptors (Lipinski definition) is 4. The number of nitrogens with one attached hydrogen (secondary N) is 1. The molecule has 1 aliphatic rings. The quantitative estimate of drug-likeness (QED) is 0.711. The van der Waals surface area contributed by atoms with Crippen molar-refractivity contribution in [3.63, 3.8) is 0 Å². The second-order valence-electron chi connectivity index (χ2n) is 4.87. The highest BCUT2D eigenvalue weighted by Gasteiger charge is 2.29. The molecule has 0 radical (unpaired) electrons. The van der Waals surface area contributed by atoms with Crippen LogP contribution >= 0.6 is 0 Å². The van der Waals surface area contributed by atoms with E-state index >= 15 is 0 Å². The SMILES string of the molecule is CC1(CNc2ccc(N)cc2C(=O)O)CCCO1. The van der Waals surface area contributed by atoms with E-state index in [0.29, 0.717) is 17.9 Å². The summed E-state index contributed by atoms with van der Waals surface area (Å²) in [6, 6.07) is 4.84. The van der Waals surface area contributed by atoms with Crippen molar-refractivity contribution < 1.29 is 14.6 Å². The molecule has 1 aliphatic heterocycles. The molecule has 1 atom stereocenters. The second kappa shape index (κ2) is 4.86. The number of nitrogen functional groups attached to an aromatic ring is 1. The van der Waals surface area contributed by atoms with E-state index in [1.54, 1.807) is 12.1 Å². The van der Waals surface area contributed by atoms with Gasteiger partial charge in [0.1, 0.15) is 0 Å². The molecule has 0 amide bonds. The highest BCUT2D eigenvalue weighted by atomic mass is 16.5. The lowest BCUT2D eigenvalue weighted by Gasteiger charge is -2.24. The van der Waals surface area contributed by atoms with E-state index in [-0.39, 0.29) is 11.2 Å². The second-order valence-corrected chi connectivity index (χ2v) is 4.87. The summed E-state index contributed by atoms with van der Waals surface area (Å²) in [7, 11) is 0. The number of rotatable bonds is 4. The van der Waals surface area contributed by atoms with Gasteiger partial charge in [0.05, 0.1) is 11.2 Å². The number of aromatic carboxylic acids is 1. The van der Waals surface area contributed by atoms with Crippen molar-refractivity contribution in [3.05, 3.63) is 23.8 Å². The summed E-state index contributed by atoms with van der Waals surface area (Å²) >= 11 is 0. The van der Waals surface area contributed by atoms with Crippen LogP contribution in [0.2, 0.25) is 0 Å². The van der Waals surface area contributed by atoms with Gasteiger partial charge in [0, 0.05) is 24.5 Å². The highest BCUT2D eigenvalue weighted by Crippen LogP contribution is 2.26. The van der Waals surface area contributed by atoms with Crippen LogP contribution < -0.4 is 11.1 Å². The van der Waals surface area contributed by atoms with Crippen LogP contribution in [0.4, 0.5) is 11.4 Å². The van der Waals surface area contributed by atoms with Crippen LogP contribution in [0.5, 0.6) is 0 Å². The number of hydrogen-bond donors (Lipinski definition) is 3. The fraction of sp³-hybridized carbons (Fsp3) is 0.462. The number of ether oxygens (including phenoxy) is 1. The Bertz CT molecular complexity index is 454. The Balaban J connectivity index is 2.11. The van der Waals surface area contributed by atoms with Crippen molar-refractivity contribution >= 4 is 17.3 Å². The molecule has 4 N–H and O–H groups in total. The van der Waals surface area contributed by atoms with Crippen molar-refractivity contribution in [2.75, 3.05) is 24.2 Å². The maximum Gasteiger partial charge on any atom is 0.337 e. The van der Waals surface area contributed by atoms with Crippen LogP contribution in [0.15, 0.2) is 18.2 Å². The summed E-state index contributed by atoms with van der Waals surface area (Å²) < 4.78 is 5.65. The fourth-order valence-electron chi connectivity index (χ4n) is 2.15. The predicted molar refractivity (Wildman–Crippen MR) is 69.9 cm³/mol. The van der Waals surface area contributed by atoms with Gasteiger partial charge in [-0.3, -0.25) is 0 Å². The van der Waals surface area contributed by atoms with E-state index in [1.807, 2.05) is 6.92 Å². The molecule has 1 saturated heterocycles. The van der Waals surface area contributed by atoms with Crippen LogP contribution in [0, 0.1) is 0 Å². The number of carbonyl (C=O) groups is 1. The van der Waals surface area contributed by atoms with Gasteiger partial charge in [-0.2, -0.15) is 0 Å². The molecule has 5 nitrogen and oxygen atoms in total. The minimum atomic E-state index is -0.984. The first-order valence-corrected chi connectivity index (χ1v) is 6.01. The molecule has 0 aliphatic carbocycles. The lowest BCUT2D eigenvalue weighted by Crippen LogP contribution is -2.32. The van der Waals surface area contributed by atoms with Crippen molar-refractivity contribution in [2.45, 2.75) is 25.4 Å². The van der Waals surface area contributed by atoms with E-state index in [4.69, 9.17) is 15.6 Å². The largest absolute Gasteiger partial charge is 0.478 e. The maximum absolute atomic E-state index is 11.1. The first kappa shape index (κ1) is 12.7. The zero-order valence-corrected chi connectivity index (χ0v) is 10.4. The van der Waals surface area contributed by atoms with Gasteiger partial charge in [0.2, 0.25) is 0 Å². The molecule has 0 saturated carbocycles. The van der Waals surface area contributed by atoms with Crippen molar-refractivity contribution in [2.24, 2.45) is 0 Å². The molecule has 5 heteroatoms. The number of benzene rings is 1. The van der Waals surface area contributed by atoms with Crippen LogP contribution in [-0.4, -0.2) is 29.8 Å². The van der Waals surface area contributed by atoms with Gasteiger partial charge in [-0.1, -0.05) is 0 Å². The third-order valence-corrected chi connectivity index (χ3v) is 3.23. The Labute approximate surface area is 106 Å². The average molecular weight is 250 g/mol. The minimum absolute atomic E-state index is 0.191. The normalized spacial score (nSPS) is 22.9. The number of anilines is 2. The molecule has 0 bridgehead atoms. The zero-order valence-electron chi connectivity index (χ0n) is 10.4. The van der Waals surface area contributed by atoms with Crippen LogP contribution in [0.25, 0.3) is 0 Å². The zero-order chi connectivity index (χ0) is 13.2. The van der Waals surface area contributed by atoms with Crippen molar-refractivity contribution in [1.82, 2.24) is 0 Å². The van der Waals surface area contributed by atoms with E-state index in [1.165, 1.54) is 6.07 Å². The highest BCUT2D eigenvalue weighted by molar-refractivity contribution is 5.95. The molecule has 1 heterocycles. The van der Waals surface area contributed by atoms with Gasteiger partial charge in [-0.25, -0.2) is 4.79 Å². The standard InChI is InChI=1S/C13H18N2O3/c1-13(5-2-6-18-13)8-15-11-4-3-9(14)7-10(11)12(16)17/h3-4,7,15H,2,5-6,8,14H2,1H3,(H,16,17). The molecule has 2 rings (SSSR count). The number of carboxylic acid groups (broad SMARTS) is 1. The Morgan fingerprint density at radius 1 is 1.61 bits per heavy atom. The van der Waals surface area contributed by atoms with Crippen molar-refractivity contribution in [1.29, 1.82) is 0 Å². The van der Waals surface area contributed by atoms with E-state index in [9.17, 15) is 4.79 Å². The van der Waals surface area contributed by atoms with Crippen LogP contribution in [-0.2, 0) is 4.74 Å². The lowest BCUT2D eigenvalue weighted by molar-refractivity contribution is 0.0314. The van der Waals surface area contributed by atoms with Gasteiger partial charge in [-0.15, -0.1) is 0 Å². The summed E-state index contributed by atoms with van der Waals surface area (Å²) in [5.74, 6) is -0.984. The van der Waals surface area contributed by atoms with Crippen LogP contribution in [0.1, 0.15) is 30.1 Å². The Morgan fingerprint density at radius 3 is 3.00 bits per heavy atom. The minimum Gasteiger partial charge on any atom is -0.478 e.